The molecule has 0 amide bonds. The van der Waals surface area contributed by atoms with Crippen molar-refractivity contribution in [3.8, 4) is 0 Å². The third kappa shape index (κ3) is 2.93. The van der Waals surface area contributed by atoms with Crippen LogP contribution in [-0.2, 0) is 0 Å². The minimum Gasteiger partial charge on any atom is -0.326 e. The van der Waals surface area contributed by atoms with Gasteiger partial charge in [-0.25, -0.2) is 0 Å². The zero-order chi connectivity index (χ0) is 9.84. The minimum atomic E-state index is 0.325. The van der Waals surface area contributed by atoms with E-state index < -0.39 is 0 Å². The molecule has 1 aliphatic rings. The second-order valence-electron chi connectivity index (χ2n) is 4.24. The second-order valence-corrected chi connectivity index (χ2v) is 4.24. The molecule has 1 saturated heterocycles. The maximum atomic E-state index is 6.10. The summed E-state index contributed by atoms with van der Waals surface area (Å²) in [6, 6.07) is 0.864. The van der Waals surface area contributed by atoms with Crippen LogP contribution in [0, 0.1) is 0 Å². The van der Waals surface area contributed by atoms with Gasteiger partial charge in [0.15, 0.2) is 0 Å². The van der Waals surface area contributed by atoms with E-state index in [1.807, 2.05) is 0 Å². The van der Waals surface area contributed by atoms with E-state index in [9.17, 15) is 0 Å². The van der Waals surface area contributed by atoms with Crippen molar-refractivity contribution >= 4 is 0 Å². The molecule has 0 aliphatic carbocycles. The first-order valence-corrected chi connectivity index (χ1v) is 5.29. The number of rotatable bonds is 2. The fourth-order valence-electron chi connectivity index (χ4n) is 2.04. The van der Waals surface area contributed by atoms with Gasteiger partial charge < -0.3 is 15.5 Å². The van der Waals surface area contributed by atoms with Crippen molar-refractivity contribution < 1.29 is 0 Å². The normalized spacial score (nSPS) is 30.0. The molecule has 0 spiro atoms. The summed E-state index contributed by atoms with van der Waals surface area (Å²) in [5.74, 6) is 0. The summed E-state index contributed by atoms with van der Waals surface area (Å²) < 4.78 is 0. The van der Waals surface area contributed by atoms with Gasteiger partial charge in [-0.1, -0.05) is 6.92 Å². The molecule has 2 atom stereocenters. The molecule has 2 unspecified atom stereocenters. The van der Waals surface area contributed by atoms with E-state index in [0.717, 1.165) is 13.0 Å². The third-order valence-corrected chi connectivity index (χ3v) is 3.08. The molecule has 0 aromatic rings. The quantitative estimate of drug-likeness (QED) is 0.674. The predicted molar refractivity (Wildman–Crippen MR) is 56.8 cm³/mol. The van der Waals surface area contributed by atoms with Crippen LogP contribution in [-0.4, -0.2) is 55.6 Å². The van der Waals surface area contributed by atoms with E-state index >= 15 is 0 Å². The molecule has 0 aromatic carbocycles. The maximum absolute atomic E-state index is 6.10. The van der Waals surface area contributed by atoms with Gasteiger partial charge in [0, 0.05) is 18.6 Å². The van der Waals surface area contributed by atoms with E-state index in [1.165, 1.54) is 19.5 Å². The highest BCUT2D eigenvalue weighted by Gasteiger charge is 2.24. The van der Waals surface area contributed by atoms with Crippen molar-refractivity contribution in [3.63, 3.8) is 0 Å². The van der Waals surface area contributed by atoms with E-state index in [-0.39, 0.29) is 0 Å². The molecular formula is C10H23N3. The van der Waals surface area contributed by atoms with Crippen molar-refractivity contribution in [2.24, 2.45) is 5.73 Å². The van der Waals surface area contributed by atoms with Crippen molar-refractivity contribution in [1.29, 1.82) is 0 Å². The molecule has 0 bridgehead atoms. The van der Waals surface area contributed by atoms with Crippen LogP contribution in [0.1, 0.15) is 19.8 Å². The standard InChI is InChI=1S/C10H23N3/c1-4-9(11)10-8-12(2)6-5-7-13(10)3/h9-10H,4-8,11H2,1-3H3. The molecule has 78 valence electrons. The van der Waals surface area contributed by atoms with Crippen LogP contribution in [0.15, 0.2) is 0 Å². The average Bonchev–Trinajstić information content (AvgIpc) is 2.27. The zero-order valence-corrected chi connectivity index (χ0v) is 9.16. The minimum absolute atomic E-state index is 0.325. The molecule has 1 fully saturated rings. The van der Waals surface area contributed by atoms with Gasteiger partial charge in [0.05, 0.1) is 0 Å². The maximum Gasteiger partial charge on any atom is 0.0371 e. The first-order valence-electron chi connectivity index (χ1n) is 5.29. The highest BCUT2D eigenvalue weighted by molar-refractivity contribution is 4.84. The lowest BCUT2D eigenvalue weighted by Crippen LogP contribution is -2.49. The molecule has 0 saturated carbocycles. The Labute approximate surface area is 81.9 Å². The van der Waals surface area contributed by atoms with Crippen LogP contribution in [0.4, 0.5) is 0 Å². The number of hydrogen-bond donors (Lipinski definition) is 1. The third-order valence-electron chi connectivity index (χ3n) is 3.08. The Bertz CT molecular complexity index is 149. The summed E-state index contributed by atoms with van der Waals surface area (Å²) in [4.78, 5) is 4.81. The van der Waals surface area contributed by atoms with Gasteiger partial charge in [0.25, 0.3) is 0 Å². The molecule has 3 nitrogen and oxygen atoms in total. The largest absolute Gasteiger partial charge is 0.326 e. The highest BCUT2D eigenvalue weighted by atomic mass is 15.2. The van der Waals surface area contributed by atoms with Crippen molar-refractivity contribution in [2.75, 3.05) is 33.7 Å². The lowest BCUT2D eigenvalue weighted by Gasteiger charge is -2.31. The van der Waals surface area contributed by atoms with Gasteiger partial charge in [0.2, 0.25) is 0 Å². The van der Waals surface area contributed by atoms with Crippen LogP contribution in [0.5, 0.6) is 0 Å². The van der Waals surface area contributed by atoms with Crippen molar-refractivity contribution in [1.82, 2.24) is 9.80 Å². The Hall–Kier alpha value is -0.120. The number of nitrogens with zero attached hydrogens (tertiary/aromatic N) is 2. The number of likely N-dealkylation sites (N-methyl/N-ethyl adjacent to an activating group) is 2. The fourth-order valence-corrected chi connectivity index (χ4v) is 2.04. The number of nitrogens with two attached hydrogens (primary N) is 1. The lowest BCUT2D eigenvalue weighted by molar-refractivity contribution is 0.193. The molecule has 2 N–H and O–H groups in total. The van der Waals surface area contributed by atoms with E-state index in [4.69, 9.17) is 5.73 Å². The van der Waals surface area contributed by atoms with Gasteiger partial charge in [-0.2, -0.15) is 0 Å². The van der Waals surface area contributed by atoms with Crippen molar-refractivity contribution in [3.05, 3.63) is 0 Å². The Balaban J connectivity index is 2.56. The van der Waals surface area contributed by atoms with Gasteiger partial charge in [0.1, 0.15) is 0 Å². The molecule has 1 heterocycles. The second kappa shape index (κ2) is 4.94. The Morgan fingerprint density at radius 1 is 1.38 bits per heavy atom. The highest BCUT2D eigenvalue weighted by Crippen LogP contribution is 2.10. The monoisotopic (exact) mass is 185 g/mol. The van der Waals surface area contributed by atoms with Gasteiger partial charge in [-0.15, -0.1) is 0 Å². The number of hydrogen-bond acceptors (Lipinski definition) is 3. The first kappa shape index (κ1) is 11.0. The Kier molecular flexibility index (Phi) is 4.16. The smallest absolute Gasteiger partial charge is 0.0371 e. The summed E-state index contributed by atoms with van der Waals surface area (Å²) in [6.45, 7) is 5.68. The summed E-state index contributed by atoms with van der Waals surface area (Å²) in [7, 11) is 4.38. The van der Waals surface area contributed by atoms with Crippen LogP contribution >= 0.6 is 0 Å². The molecule has 3 heteroatoms. The predicted octanol–water partition coefficient (Wildman–Crippen LogP) is 0.360. The molecule has 1 aliphatic heterocycles. The molecule has 0 radical (unpaired) electrons. The summed E-state index contributed by atoms with van der Waals surface area (Å²) in [5, 5.41) is 0. The van der Waals surface area contributed by atoms with E-state index in [0.29, 0.717) is 12.1 Å². The zero-order valence-electron chi connectivity index (χ0n) is 9.16. The molecule has 0 aromatic heterocycles. The SMILES string of the molecule is CCC(N)C1CN(C)CCCN1C. The van der Waals surface area contributed by atoms with Crippen LogP contribution in [0.2, 0.25) is 0 Å². The van der Waals surface area contributed by atoms with E-state index in [2.05, 4.69) is 30.8 Å². The first-order chi connectivity index (χ1) is 6.15. The topological polar surface area (TPSA) is 32.5 Å². The van der Waals surface area contributed by atoms with Crippen molar-refractivity contribution in [2.45, 2.75) is 31.8 Å². The average molecular weight is 185 g/mol. The van der Waals surface area contributed by atoms with Crippen LogP contribution in [0.25, 0.3) is 0 Å². The molecule has 1 rings (SSSR count). The Morgan fingerprint density at radius 2 is 2.08 bits per heavy atom. The summed E-state index contributed by atoms with van der Waals surface area (Å²) in [6.07, 6.45) is 2.34. The fraction of sp³-hybridized carbons (Fsp3) is 1.00. The van der Waals surface area contributed by atoms with Crippen LogP contribution in [0.3, 0.4) is 0 Å². The lowest BCUT2D eigenvalue weighted by atomic mass is 10.1. The van der Waals surface area contributed by atoms with Crippen LogP contribution < -0.4 is 5.73 Å². The van der Waals surface area contributed by atoms with Gasteiger partial charge in [-0.3, -0.25) is 0 Å². The summed E-state index contributed by atoms with van der Waals surface area (Å²) >= 11 is 0. The molecule has 13 heavy (non-hydrogen) atoms. The van der Waals surface area contributed by atoms with Gasteiger partial charge >= 0.3 is 0 Å². The van der Waals surface area contributed by atoms with Gasteiger partial charge in [-0.05, 0) is 40.0 Å². The summed E-state index contributed by atoms with van der Waals surface area (Å²) in [5.41, 5.74) is 6.10. The molecular weight excluding hydrogens is 162 g/mol. The van der Waals surface area contributed by atoms with E-state index in [1.54, 1.807) is 0 Å². The Morgan fingerprint density at radius 3 is 2.69 bits per heavy atom.